The van der Waals surface area contributed by atoms with Crippen LogP contribution in [-0.4, -0.2) is 57.1 Å². The van der Waals surface area contributed by atoms with E-state index in [1.165, 1.54) is 5.56 Å². The molecule has 0 radical (unpaired) electrons. The lowest BCUT2D eigenvalue weighted by atomic mass is 10.2. The van der Waals surface area contributed by atoms with E-state index in [0.29, 0.717) is 30.4 Å². The Balaban J connectivity index is 1.50. The molecule has 4 heterocycles. The van der Waals surface area contributed by atoms with Gasteiger partial charge in [0.1, 0.15) is 17.2 Å². The monoisotopic (exact) mass is 414 g/mol. The Bertz CT molecular complexity index is 1210. The molecule has 0 spiro atoms. The Labute approximate surface area is 179 Å². The molecule has 0 bridgehead atoms. The van der Waals surface area contributed by atoms with Crippen LogP contribution in [0.5, 0.6) is 0 Å². The highest BCUT2D eigenvalue weighted by molar-refractivity contribution is 5.80. The fraction of sp³-hybridized carbons (Fsp3) is 0.227. The van der Waals surface area contributed by atoms with Crippen molar-refractivity contribution in [1.82, 2.24) is 24.6 Å². The molecule has 0 unspecified atom stereocenters. The quantitative estimate of drug-likeness (QED) is 0.396. The van der Waals surface area contributed by atoms with E-state index in [4.69, 9.17) is 14.8 Å². The Morgan fingerprint density at radius 3 is 2.81 bits per heavy atom. The number of hydrogen-bond donors (Lipinski definition) is 1. The van der Waals surface area contributed by atoms with E-state index >= 15 is 0 Å². The Kier molecular flexibility index (Phi) is 5.24. The molecular weight excluding hydrogens is 392 g/mol. The normalized spacial score (nSPS) is 14.4. The van der Waals surface area contributed by atoms with Crippen LogP contribution in [0.4, 0.5) is 11.6 Å². The summed E-state index contributed by atoms with van der Waals surface area (Å²) >= 11 is 0. The Morgan fingerprint density at radius 1 is 1.10 bits per heavy atom. The van der Waals surface area contributed by atoms with Crippen molar-refractivity contribution in [1.29, 1.82) is 0 Å². The van der Waals surface area contributed by atoms with Crippen LogP contribution in [0.2, 0.25) is 0 Å². The van der Waals surface area contributed by atoms with Crippen LogP contribution >= 0.6 is 0 Å². The number of aryl methyl sites for hydroxylation is 1. The van der Waals surface area contributed by atoms with Crippen molar-refractivity contribution in [3.8, 4) is 11.4 Å². The van der Waals surface area contributed by atoms with Gasteiger partial charge in [-0.2, -0.15) is 14.7 Å². The number of rotatable bonds is 5. The van der Waals surface area contributed by atoms with E-state index in [1.54, 1.807) is 24.8 Å². The van der Waals surface area contributed by atoms with Gasteiger partial charge in [-0.3, -0.25) is 15.4 Å². The zero-order valence-corrected chi connectivity index (χ0v) is 17.1. The van der Waals surface area contributed by atoms with Crippen LogP contribution in [0.25, 0.3) is 17.0 Å². The minimum absolute atomic E-state index is 0.642. The van der Waals surface area contributed by atoms with Gasteiger partial charge in [-0.1, -0.05) is 29.8 Å². The van der Waals surface area contributed by atoms with Crippen LogP contribution in [0.1, 0.15) is 11.1 Å². The standard InChI is InChI=1S/C22H22N8O/c1-16-3-2-4-17(11-16)14-25-27-20-13-22(29-7-9-31-10-8-29)30-21(26-20)12-18(28-30)19-15-23-5-6-24-19/h2-6,11-15H,7-10H2,1H3,(H,26,27). The van der Waals surface area contributed by atoms with Gasteiger partial charge in [0.05, 0.1) is 25.6 Å². The van der Waals surface area contributed by atoms with Crippen LogP contribution in [0, 0.1) is 6.92 Å². The maximum atomic E-state index is 5.52. The molecular formula is C22H22N8O. The number of anilines is 2. The smallest absolute Gasteiger partial charge is 0.160 e. The lowest BCUT2D eigenvalue weighted by molar-refractivity contribution is 0.122. The largest absolute Gasteiger partial charge is 0.378 e. The molecule has 5 rings (SSSR count). The average molecular weight is 414 g/mol. The summed E-state index contributed by atoms with van der Waals surface area (Å²) in [6, 6.07) is 12.0. The number of ether oxygens (including phenoxy) is 1. The first kappa shape index (κ1) is 19.1. The number of hydrogen-bond acceptors (Lipinski definition) is 8. The third-order valence-electron chi connectivity index (χ3n) is 5.00. The topological polar surface area (TPSA) is 92.8 Å². The molecule has 4 aromatic rings. The summed E-state index contributed by atoms with van der Waals surface area (Å²) in [6.07, 6.45) is 6.78. The van der Waals surface area contributed by atoms with Gasteiger partial charge in [0.2, 0.25) is 0 Å². The lowest BCUT2D eigenvalue weighted by Gasteiger charge is -2.29. The molecule has 0 amide bonds. The summed E-state index contributed by atoms with van der Waals surface area (Å²) in [5.74, 6) is 1.57. The van der Waals surface area contributed by atoms with E-state index in [-0.39, 0.29) is 0 Å². The van der Waals surface area contributed by atoms with E-state index in [9.17, 15) is 0 Å². The Hall–Kier alpha value is -3.85. The zero-order chi connectivity index (χ0) is 21.0. The molecule has 1 aliphatic rings. The van der Waals surface area contributed by atoms with E-state index in [2.05, 4.69) is 44.5 Å². The molecule has 0 atom stereocenters. The summed E-state index contributed by atoms with van der Waals surface area (Å²) in [7, 11) is 0. The van der Waals surface area contributed by atoms with Gasteiger partial charge in [-0.05, 0) is 12.5 Å². The van der Waals surface area contributed by atoms with Crippen LogP contribution < -0.4 is 10.3 Å². The van der Waals surface area contributed by atoms with Crippen molar-refractivity contribution >= 4 is 23.5 Å². The predicted octanol–water partition coefficient (Wildman–Crippen LogP) is 2.78. The molecule has 3 aromatic heterocycles. The third-order valence-corrected chi connectivity index (χ3v) is 5.00. The van der Waals surface area contributed by atoms with E-state index in [0.717, 1.165) is 30.2 Å². The van der Waals surface area contributed by atoms with Crippen LogP contribution in [-0.2, 0) is 4.74 Å². The molecule has 31 heavy (non-hydrogen) atoms. The van der Waals surface area contributed by atoms with Gasteiger partial charge in [-0.15, -0.1) is 0 Å². The van der Waals surface area contributed by atoms with Crippen molar-refractivity contribution in [3.63, 3.8) is 0 Å². The van der Waals surface area contributed by atoms with Crippen molar-refractivity contribution in [2.24, 2.45) is 5.10 Å². The van der Waals surface area contributed by atoms with Crippen LogP contribution in [0.15, 0.2) is 60.1 Å². The molecule has 0 saturated carbocycles. The average Bonchev–Trinajstić information content (AvgIpc) is 3.24. The van der Waals surface area contributed by atoms with Gasteiger partial charge in [-0.25, -0.2) is 4.98 Å². The molecule has 1 N–H and O–H groups in total. The number of nitrogens with one attached hydrogen (secondary N) is 1. The summed E-state index contributed by atoms with van der Waals surface area (Å²) in [6.45, 7) is 4.98. The summed E-state index contributed by atoms with van der Waals surface area (Å²) in [4.78, 5) is 15.4. The highest BCUT2D eigenvalue weighted by atomic mass is 16.5. The first-order valence-electron chi connectivity index (χ1n) is 10.1. The van der Waals surface area contributed by atoms with Crippen molar-refractivity contribution in [2.75, 3.05) is 36.6 Å². The SMILES string of the molecule is Cc1cccc(C=NNc2cc(N3CCOCC3)n3nc(-c4cnccn4)cc3n2)c1. The van der Waals surface area contributed by atoms with E-state index < -0.39 is 0 Å². The molecule has 156 valence electrons. The molecule has 1 aromatic carbocycles. The predicted molar refractivity (Wildman–Crippen MR) is 119 cm³/mol. The summed E-state index contributed by atoms with van der Waals surface area (Å²) in [5.41, 5.74) is 7.40. The number of fused-ring (bicyclic) bond motifs is 1. The van der Waals surface area contributed by atoms with Crippen molar-refractivity contribution in [2.45, 2.75) is 6.92 Å². The number of nitrogens with zero attached hydrogens (tertiary/aromatic N) is 7. The fourth-order valence-electron chi connectivity index (χ4n) is 3.51. The maximum Gasteiger partial charge on any atom is 0.160 e. The second-order valence-corrected chi connectivity index (χ2v) is 7.27. The molecule has 9 heteroatoms. The minimum atomic E-state index is 0.642. The molecule has 0 aliphatic carbocycles. The van der Waals surface area contributed by atoms with Crippen molar-refractivity contribution in [3.05, 3.63) is 66.1 Å². The first-order valence-corrected chi connectivity index (χ1v) is 10.1. The highest BCUT2D eigenvalue weighted by Gasteiger charge is 2.18. The molecule has 1 aliphatic heterocycles. The van der Waals surface area contributed by atoms with Gasteiger partial charge in [0.15, 0.2) is 11.5 Å². The van der Waals surface area contributed by atoms with Gasteiger partial charge in [0, 0.05) is 37.6 Å². The second-order valence-electron chi connectivity index (χ2n) is 7.27. The first-order chi connectivity index (χ1) is 15.3. The second kappa shape index (κ2) is 8.49. The highest BCUT2D eigenvalue weighted by Crippen LogP contribution is 2.24. The summed E-state index contributed by atoms with van der Waals surface area (Å²) in [5, 5.41) is 9.12. The van der Waals surface area contributed by atoms with Crippen LogP contribution in [0.3, 0.4) is 0 Å². The third kappa shape index (κ3) is 4.22. The fourth-order valence-corrected chi connectivity index (χ4v) is 3.51. The maximum absolute atomic E-state index is 5.52. The number of aromatic nitrogens is 5. The van der Waals surface area contributed by atoms with Gasteiger partial charge >= 0.3 is 0 Å². The minimum Gasteiger partial charge on any atom is -0.378 e. The summed E-state index contributed by atoms with van der Waals surface area (Å²) < 4.78 is 7.36. The number of morpholine rings is 1. The lowest BCUT2D eigenvalue weighted by Crippen LogP contribution is -2.37. The molecule has 1 saturated heterocycles. The Morgan fingerprint density at radius 2 is 2.00 bits per heavy atom. The zero-order valence-electron chi connectivity index (χ0n) is 17.1. The van der Waals surface area contributed by atoms with E-state index in [1.807, 2.05) is 28.8 Å². The number of hydrazone groups is 1. The van der Waals surface area contributed by atoms with Crippen molar-refractivity contribution < 1.29 is 4.74 Å². The molecule has 1 fully saturated rings. The van der Waals surface area contributed by atoms with Gasteiger partial charge in [0.25, 0.3) is 0 Å². The number of benzene rings is 1. The molecule has 9 nitrogen and oxygen atoms in total. The van der Waals surface area contributed by atoms with Gasteiger partial charge < -0.3 is 9.64 Å².